The summed E-state index contributed by atoms with van der Waals surface area (Å²) < 4.78 is 0.544. The van der Waals surface area contributed by atoms with Gasteiger partial charge in [0.2, 0.25) is 0 Å². The van der Waals surface area contributed by atoms with Crippen molar-refractivity contribution in [2.75, 3.05) is 27.7 Å². The number of carboxylic acid groups (broad SMARTS) is 1. The summed E-state index contributed by atoms with van der Waals surface area (Å²) in [6.07, 6.45) is 1.05. The number of nitrogens with zero attached hydrogens (tertiary/aromatic N) is 1. The first-order valence-corrected chi connectivity index (χ1v) is 5.77. The molecule has 96 valence electrons. The Balaban J connectivity index is 4.54. The Bertz CT molecular complexity index is 233. The van der Waals surface area contributed by atoms with E-state index in [9.17, 15) is 15.0 Å². The second kappa shape index (κ2) is 5.64. The minimum Gasteiger partial charge on any atom is -0.550 e. The van der Waals surface area contributed by atoms with Crippen molar-refractivity contribution in [2.24, 2.45) is 5.92 Å². The Morgan fingerprint density at radius 1 is 1.38 bits per heavy atom. The third-order valence-electron chi connectivity index (χ3n) is 2.43. The number of quaternary nitrogens is 1. The average molecular weight is 231 g/mol. The van der Waals surface area contributed by atoms with E-state index in [2.05, 4.69) is 13.8 Å². The molecule has 0 rings (SSSR count). The minimum atomic E-state index is -1.18. The Labute approximate surface area is 98.5 Å². The van der Waals surface area contributed by atoms with Crippen molar-refractivity contribution >= 4 is 5.97 Å². The number of carbonyl (C=O) groups excluding carboxylic acids is 1. The number of aliphatic carboxylic acids is 1. The molecule has 0 heterocycles. The molecule has 0 spiro atoms. The van der Waals surface area contributed by atoms with Crippen molar-refractivity contribution in [1.29, 1.82) is 0 Å². The van der Waals surface area contributed by atoms with Crippen LogP contribution in [0.1, 0.15) is 33.1 Å². The van der Waals surface area contributed by atoms with Crippen molar-refractivity contribution in [3.8, 4) is 0 Å². The number of carbonyl (C=O) groups is 1. The highest BCUT2D eigenvalue weighted by atomic mass is 16.4. The largest absolute Gasteiger partial charge is 0.550 e. The van der Waals surface area contributed by atoms with Crippen LogP contribution in [0.4, 0.5) is 0 Å². The third kappa shape index (κ3) is 7.65. The molecule has 0 aliphatic carbocycles. The fourth-order valence-corrected chi connectivity index (χ4v) is 1.93. The van der Waals surface area contributed by atoms with E-state index in [0.717, 1.165) is 6.42 Å². The molecule has 0 radical (unpaired) electrons. The molecule has 0 fully saturated rings. The van der Waals surface area contributed by atoms with Gasteiger partial charge in [0.15, 0.2) is 0 Å². The first-order valence-electron chi connectivity index (χ1n) is 5.77. The lowest BCUT2D eigenvalue weighted by atomic mass is 9.89. The van der Waals surface area contributed by atoms with Crippen LogP contribution in [-0.2, 0) is 4.79 Å². The molecule has 16 heavy (non-hydrogen) atoms. The Kier molecular flexibility index (Phi) is 5.42. The van der Waals surface area contributed by atoms with Crippen LogP contribution in [0.15, 0.2) is 0 Å². The van der Waals surface area contributed by atoms with E-state index >= 15 is 0 Å². The lowest BCUT2D eigenvalue weighted by Crippen LogP contribution is -2.51. The summed E-state index contributed by atoms with van der Waals surface area (Å²) in [6, 6.07) is 0. The summed E-state index contributed by atoms with van der Waals surface area (Å²) in [4.78, 5) is 10.7. The average Bonchev–Trinajstić information content (AvgIpc) is 1.95. The lowest BCUT2D eigenvalue weighted by molar-refractivity contribution is -0.877. The van der Waals surface area contributed by atoms with E-state index in [1.54, 1.807) is 0 Å². The molecule has 0 aromatic heterocycles. The van der Waals surface area contributed by atoms with Crippen LogP contribution in [0.2, 0.25) is 0 Å². The summed E-state index contributed by atoms with van der Waals surface area (Å²) in [6.45, 7) is 4.55. The quantitative estimate of drug-likeness (QED) is 0.627. The topological polar surface area (TPSA) is 60.4 Å². The zero-order valence-corrected chi connectivity index (χ0v) is 11.1. The molecule has 0 aliphatic rings. The van der Waals surface area contributed by atoms with Gasteiger partial charge >= 0.3 is 0 Å². The van der Waals surface area contributed by atoms with Crippen molar-refractivity contribution < 1.29 is 19.5 Å². The van der Waals surface area contributed by atoms with Gasteiger partial charge in [0, 0.05) is 12.4 Å². The van der Waals surface area contributed by atoms with Gasteiger partial charge in [-0.1, -0.05) is 13.8 Å². The van der Waals surface area contributed by atoms with Gasteiger partial charge in [-0.3, -0.25) is 0 Å². The molecule has 1 unspecified atom stereocenters. The fourth-order valence-electron chi connectivity index (χ4n) is 1.93. The number of hydrogen-bond acceptors (Lipinski definition) is 3. The van der Waals surface area contributed by atoms with E-state index in [1.165, 1.54) is 0 Å². The maximum absolute atomic E-state index is 10.7. The van der Waals surface area contributed by atoms with Crippen LogP contribution in [0.5, 0.6) is 0 Å². The van der Waals surface area contributed by atoms with E-state index < -0.39 is 11.6 Å². The number of hydrogen-bond donors (Lipinski definition) is 1. The van der Waals surface area contributed by atoms with Crippen LogP contribution < -0.4 is 5.11 Å². The maximum atomic E-state index is 10.7. The highest BCUT2D eigenvalue weighted by molar-refractivity contribution is 5.65. The SMILES string of the molecule is CC(C)CCC(O)(CC(=O)[O-])C[N+](C)(C)C. The number of rotatable bonds is 7. The molecule has 1 atom stereocenters. The molecule has 1 N–H and O–H groups in total. The van der Waals surface area contributed by atoms with Crippen molar-refractivity contribution in [3.63, 3.8) is 0 Å². The Morgan fingerprint density at radius 2 is 1.88 bits per heavy atom. The van der Waals surface area contributed by atoms with Crippen LogP contribution in [0.3, 0.4) is 0 Å². The fraction of sp³-hybridized carbons (Fsp3) is 0.917. The second-order valence-electron chi connectivity index (χ2n) is 6.15. The number of carboxylic acids is 1. The summed E-state index contributed by atoms with van der Waals surface area (Å²) in [5.74, 6) is -0.722. The van der Waals surface area contributed by atoms with E-state index in [1.807, 2.05) is 21.1 Å². The van der Waals surface area contributed by atoms with Crippen LogP contribution >= 0.6 is 0 Å². The van der Waals surface area contributed by atoms with Gasteiger partial charge in [0.05, 0.1) is 21.1 Å². The van der Waals surface area contributed by atoms with Crippen molar-refractivity contribution in [1.82, 2.24) is 0 Å². The molecular formula is C12H25NO3. The molecule has 4 nitrogen and oxygen atoms in total. The summed E-state index contributed by atoms with van der Waals surface area (Å²) in [5, 5.41) is 21.0. The summed E-state index contributed by atoms with van der Waals surface area (Å²) in [5.41, 5.74) is -1.15. The standard InChI is InChI=1S/C12H25NO3/c1-10(2)6-7-12(16,8-11(14)15)9-13(3,4)5/h10,16H,6-9H2,1-5H3. The summed E-state index contributed by atoms with van der Waals surface area (Å²) >= 11 is 0. The molecule has 0 amide bonds. The van der Waals surface area contributed by atoms with Gasteiger partial charge in [-0.25, -0.2) is 0 Å². The van der Waals surface area contributed by atoms with Gasteiger partial charge in [-0.15, -0.1) is 0 Å². The second-order valence-corrected chi connectivity index (χ2v) is 6.15. The zero-order chi connectivity index (χ0) is 13.0. The highest BCUT2D eigenvalue weighted by Gasteiger charge is 2.33. The Morgan fingerprint density at radius 3 is 2.19 bits per heavy atom. The molecular weight excluding hydrogens is 206 g/mol. The minimum absolute atomic E-state index is 0.283. The maximum Gasteiger partial charge on any atom is 0.119 e. The number of aliphatic hydroxyl groups is 1. The smallest absolute Gasteiger partial charge is 0.119 e. The number of likely N-dealkylation sites (N-methyl/N-ethyl adjacent to an activating group) is 1. The predicted molar refractivity (Wildman–Crippen MR) is 61.5 cm³/mol. The normalized spacial score (nSPS) is 16.2. The van der Waals surface area contributed by atoms with E-state index in [-0.39, 0.29) is 6.42 Å². The first kappa shape index (κ1) is 15.4. The van der Waals surface area contributed by atoms with Gasteiger partial charge in [0.25, 0.3) is 0 Å². The van der Waals surface area contributed by atoms with Gasteiger partial charge < -0.3 is 19.5 Å². The van der Waals surface area contributed by atoms with Crippen LogP contribution in [0, 0.1) is 5.92 Å². The van der Waals surface area contributed by atoms with E-state index in [0.29, 0.717) is 23.4 Å². The van der Waals surface area contributed by atoms with Gasteiger partial charge in [-0.2, -0.15) is 0 Å². The van der Waals surface area contributed by atoms with Crippen LogP contribution in [0.25, 0.3) is 0 Å². The van der Waals surface area contributed by atoms with Crippen molar-refractivity contribution in [2.45, 2.75) is 38.7 Å². The van der Waals surface area contributed by atoms with Gasteiger partial charge in [-0.05, 0) is 18.8 Å². The van der Waals surface area contributed by atoms with Crippen molar-refractivity contribution in [3.05, 3.63) is 0 Å². The molecule has 0 aromatic carbocycles. The molecule has 0 aliphatic heterocycles. The van der Waals surface area contributed by atoms with Gasteiger partial charge in [0.1, 0.15) is 12.1 Å². The third-order valence-corrected chi connectivity index (χ3v) is 2.43. The molecule has 0 aromatic rings. The predicted octanol–water partition coefficient (Wildman–Crippen LogP) is -0.0001000. The zero-order valence-electron chi connectivity index (χ0n) is 11.1. The highest BCUT2D eigenvalue weighted by Crippen LogP contribution is 2.22. The summed E-state index contributed by atoms with van der Waals surface area (Å²) in [7, 11) is 5.82. The first-order chi connectivity index (χ1) is 7.04. The molecule has 0 bridgehead atoms. The molecule has 4 heteroatoms. The Hall–Kier alpha value is -0.610. The monoisotopic (exact) mass is 231 g/mol. The molecule has 0 saturated heterocycles. The molecule has 0 saturated carbocycles. The van der Waals surface area contributed by atoms with Crippen LogP contribution in [-0.4, -0.2) is 48.8 Å². The lowest BCUT2D eigenvalue weighted by Gasteiger charge is -2.36. The van der Waals surface area contributed by atoms with E-state index in [4.69, 9.17) is 0 Å².